The van der Waals surface area contributed by atoms with Crippen LogP contribution in [0.4, 0.5) is 5.82 Å². The molecule has 0 unspecified atom stereocenters. The largest absolute Gasteiger partial charge is 0.477 e. The van der Waals surface area contributed by atoms with E-state index in [1.807, 2.05) is 25.5 Å². The number of carbonyl (C=O) groups is 1. The summed E-state index contributed by atoms with van der Waals surface area (Å²) in [5.41, 5.74) is 0.104. The van der Waals surface area contributed by atoms with Crippen molar-refractivity contribution >= 4 is 11.8 Å². The molecule has 0 spiro atoms. The summed E-state index contributed by atoms with van der Waals surface area (Å²) in [7, 11) is 0. The van der Waals surface area contributed by atoms with Crippen LogP contribution in [0.25, 0.3) is 0 Å². The lowest BCUT2D eigenvalue weighted by Gasteiger charge is -2.27. The molecule has 2 rings (SSSR count). The Morgan fingerprint density at radius 3 is 2.41 bits per heavy atom. The molecule has 2 heterocycles. The number of aromatic nitrogens is 2. The van der Waals surface area contributed by atoms with Crippen molar-refractivity contribution in [3.8, 4) is 0 Å². The summed E-state index contributed by atoms with van der Waals surface area (Å²) >= 11 is 0. The minimum absolute atomic E-state index is 0.203. The molecule has 1 N–H and O–H groups in total. The highest BCUT2D eigenvalue weighted by atomic mass is 16.4. The molecule has 0 saturated carbocycles. The average Bonchev–Trinajstić information content (AvgIpc) is 2.84. The SMILES string of the molecule is CC(C)(C)n1ncc(C(=O)O)c1N1CCCC1. The summed E-state index contributed by atoms with van der Waals surface area (Å²) < 4.78 is 1.82. The van der Waals surface area contributed by atoms with E-state index >= 15 is 0 Å². The number of carboxylic acids is 1. The van der Waals surface area contributed by atoms with Gasteiger partial charge in [-0.2, -0.15) is 5.10 Å². The van der Waals surface area contributed by atoms with Gasteiger partial charge < -0.3 is 10.0 Å². The van der Waals surface area contributed by atoms with E-state index in [9.17, 15) is 9.90 Å². The number of nitrogens with zero attached hydrogens (tertiary/aromatic N) is 3. The molecule has 1 aliphatic heterocycles. The Morgan fingerprint density at radius 1 is 1.35 bits per heavy atom. The fraction of sp³-hybridized carbons (Fsp3) is 0.667. The summed E-state index contributed by atoms with van der Waals surface area (Å²) in [6.07, 6.45) is 3.70. The summed E-state index contributed by atoms with van der Waals surface area (Å²) in [6.45, 7) is 7.94. The zero-order chi connectivity index (χ0) is 12.6. The van der Waals surface area contributed by atoms with Crippen molar-refractivity contribution in [2.45, 2.75) is 39.2 Å². The predicted molar refractivity (Wildman–Crippen MR) is 65.6 cm³/mol. The molecule has 17 heavy (non-hydrogen) atoms. The third-order valence-electron chi connectivity index (χ3n) is 3.02. The molecule has 5 heteroatoms. The highest BCUT2D eigenvalue weighted by Gasteiger charge is 2.28. The molecule has 94 valence electrons. The van der Waals surface area contributed by atoms with E-state index in [2.05, 4.69) is 10.00 Å². The molecule has 0 aromatic carbocycles. The molecule has 0 aliphatic carbocycles. The van der Waals surface area contributed by atoms with Crippen molar-refractivity contribution in [2.24, 2.45) is 0 Å². The molecule has 1 aliphatic rings. The van der Waals surface area contributed by atoms with E-state index < -0.39 is 5.97 Å². The number of rotatable bonds is 2. The lowest BCUT2D eigenvalue weighted by molar-refractivity contribution is 0.0697. The zero-order valence-corrected chi connectivity index (χ0v) is 10.6. The van der Waals surface area contributed by atoms with Crippen molar-refractivity contribution in [3.05, 3.63) is 11.8 Å². The van der Waals surface area contributed by atoms with Crippen LogP contribution in [0.5, 0.6) is 0 Å². The molecule has 1 fully saturated rings. The summed E-state index contributed by atoms with van der Waals surface area (Å²) in [5, 5.41) is 13.5. The van der Waals surface area contributed by atoms with Gasteiger partial charge in [0, 0.05) is 13.1 Å². The van der Waals surface area contributed by atoms with Gasteiger partial charge in [0.05, 0.1) is 11.7 Å². The lowest BCUT2D eigenvalue weighted by Crippen LogP contribution is -2.31. The first-order chi connectivity index (χ1) is 7.91. The van der Waals surface area contributed by atoms with Crippen molar-refractivity contribution in [1.82, 2.24) is 9.78 Å². The Bertz CT molecular complexity index is 425. The Hall–Kier alpha value is -1.52. The van der Waals surface area contributed by atoms with Crippen LogP contribution >= 0.6 is 0 Å². The van der Waals surface area contributed by atoms with Gasteiger partial charge in [0.1, 0.15) is 11.4 Å². The average molecular weight is 237 g/mol. The van der Waals surface area contributed by atoms with Gasteiger partial charge in [-0.3, -0.25) is 0 Å². The number of hydrogen-bond donors (Lipinski definition) is 1. The lowest BCUT2D eigenvalue weighted by atomic mass is 10.1. The highest BCUT2D eigenvalue weighted by Crippen LogP contribution is 2.29. The summed E-state index contributed by atoms with van der Waals surface area (Å²) in [4.78, 5) is 13.4. The second kappa shape index (κ2) is 4.05. The maximum atomic E-state index is 11.2. The minimum atomic E-state index is -0.901. The van der Waals surface area contributed by atoms with Gasteiger partial charge in [-0.25, -0.2) is 9.48 Å². The third-order valence-corrected chi connectivity index (χ3v) is 3.02. The first-order valence-corrected chi connectivity index (χ1v) is 5.98. The number of anilines is 1. The molecular weight excluding hydrogens is 218 g/mol. The number of hydrogen-bond acceptors (Lipinski definition) is 3. The summed E-state index contributed by atoms with van der Waals surface area (Å²) in [5.74, 6) is -0.148. The van der Waals surface area contributed by atoms with Crippen molar-refractivity contribution in [2.75, 3.05) is 18.0 Å². The van der Waals surface area contributed by atoms with E-state index in [1.54, 1.807) is 0 Å². The van der Waals surface area contributed by atoms with Crippen LogP contribution in [0.2, 0.25) is 0 Å². The molecule has 0 amide bonds. The molecular formula is C12H19N3O2. The van der Waals surface area contributed by atoms with Crippen molar-refractivity contribution < 1.29 is 9.90 Å². The molecule has 1 aromatic rings. The van der Waals surface area contributed by atoms with Crippen LogP contribution in [0.3, 0.4) is 0 Å². The first-order valence-electron chi connectivity index (χ1n) is 5.98. The topological polar surface area (TPSA) is 58.4 Å². The molecule has 0 radical (unpaired) electrons. The van der Waals surface area contributed by atoms with E-state index in [-0.39, 0.29) is 5.54 Å². The molecule has 1 aromatic heterocycles. The predicted octanol–water partition coefficient (Wildman–Crippen LogP) is 1.94. The van der Waals surface area contributed by atoms with E-state index in [4.69, 9.17) is 0 Å². The van der Waals surface area contributed by atoms with Crippen LogP contribution in [0.1, 0.15) is 44.0 Å². The van der Waals surface area contributed by atoms with E-state index in [0.717, 1.165) is 31.7 Å². The van der Waals surface area contributed by atoms with Crippen LogP contribution in [-0.2, 0) is 5.54 Å². The first kappa shape index (κ1) is 12.0. The molecule has 0 atom stereocenters. The van der Waals surface area contributed by atoms with E-state index in [0.29, 0.717) is 5.56 Å². The second-order valence-electron chi connectivity index (χ2n) is 5.46. The Morgan fingerprint density at radius 2 is 1.94 bits per heavy atom. The van der Waals surface area contributed by atoms with Gasteiger partial charge in [0.2, 0.25) is 0 Å². The monoisotopic (exact) mass is 237 g/mol. The van der Waals surface area contributed by atoms with E-state index in [1.165, 1.54) is 6.20 Å². The van der Waals surface area contributed by atoms with Gasteiger partial charge >= 0.3 is 5.97 Å². The maximum Gasteiger partial charge on any atom is 0.341 e. The normalized spacial score (nSPS) is 16.5. The molecule has 1 saturated heterocycles. The van der Waals surface area contributed by atoms with Crippen molar-refractivity contribution in [1.29, 1.82) is 0 Å². The summed E-state index contributed by atoms with van der Waals surface area (Å²) in [6, 6.07) is 0. The van der Waals surface area contributed by atoms with Crippen LogP contribution < -0.4 is 4.90 Å². The Labute approximate surface area is 101 Å². The van der Waals surface area contributed by atoms with Crippen LogP contribution in [0.15, 0.2) is 6.20 Å². The maximum absolute atomic E-state index is 11.2. The van der Waals surface area contributed by atoms with Gasteiger partial charge in [-0.05, 0) is 33.6 Å². The van der Waals surface area contributed by atoms with Gasteiger partial charge in [0.25, 0.3) is 0 Å². The minimum Gasteiger partial charge on any atom is -0.477 e. The Kier molecular flexibility index (Phi) is 2.85. The van der Waals surface area contributed by atoms with Gasteiger partial charge in [0.15, 0.2) is 0 Å². The number of carboxylic acid groups (broad SMARTS) is 1. The van der Waals surface area contributed by atoms with Crippen LogP contribution in [0, 0.1) is 0 Å². The smallest absolute Gasteiger partial charge is 0.341 e. The molecule has 0 bridgehead atoms. The quantitative estimate of drug-likeness (QED) is 0.854. The fourth-order valence-corrected chi connectivity index (χ4v) is 2.22. The standard InChI is InChI=1S/C12H19N3O2/c1-12(2,3)15-10(14-6-4-5-7-14)9(8-13-15)11(16)17/h8H,4-7H2,1-3H3,(H,16,17). The van der Waals surface area contributed by atoms with Gasteiger partial charge in [-0.15, -0.1) is 0 Å². The zero-order valence-electron chi connectivity index (χ0n) is 10.6. The third kappa shape index (κ3) is 2.14. The van der Waals surface area contributed by atoms with Gasteiger partial charge in [-0.1, -0.05) is 0 Å². The Balaban J connectivity index is 2.50. The second-order valence-corrected chi connectivity index (χ2v) is 5.46. The number of aromatic carboxylic acids is 1. The fourth-order valence-electron chi connectivity index (χ4n) is 2.22. The molecule has 5 nitrogen and oxygen atoms in total. The van der Waals surface area contributed by atoms with Crippen LogP contribution in [-0.4, -0.2) is 33.9 Å². The highest BCUT2D eigenvalue weighted by molar-refractivity contribution is 5.93. The van der Waals surface area contributed by atoms with Crippen molar-refractivity contribution in [3.63, 3.8) is 0 Å².